The molecule has 13 heavy (non-hydrogen) atoms. The van der Waals surface area contributed by atoms with Gasteiger partial charge in [-0.25, -0.2) is 4.98 Å². The van der Waals surface area contributed by atoms with Crippen LogP contribution in [0.3, 0.4) is 0 Å². The molecule has 0 spiro atoms. The van der Waals surface area contributed by atoms with Crippen LogP contribution >= 0.6 is 15.9 Å². The van der Waals surface area contributed by atoms with Crippen molar-refractivity contribution in [1.82, 2.24) is 4.98 Å². The molecule has 0 radical (unpaired) electrons. The molecule has 0 saturated heterocycles. The first-order valence-electron chi connectivity index (χ1n) is 3.90. The molecular weight excluding hydrogens is 237 g/mol. The predicted molar refractivity (Wildman–Crippen MR) is 52.0 cm³/mol. The second-order valence-electron chi connectivity index (χ2n) is 3.53. The van der Waals surface area contributed by atoms with Gasteiger partial charge in [-0.3, -0.25) is 0 Å². The highest BCUT2D eigenvalue weighted by Crippen LogP contribution is 2.26. The summed E-state index contributed by atoms with van der Waals surface area (Å²) in [5.41, 5.74) is -0.176. The molecule has 0 aliphatic heterocycles. The smallest absolute Gasteiger partial charge is 0.216 e. The summed E-state index contributed by atoms with van der Waals surface area (Å²) >= 11 is 3.21. The molecule has 1 aromatic rings. The zero-order valence-electron chi connectivity index (χ0n) is 7.51. The molecule has 0 aliphatic rings. The Kier molecular flexibility index (Phi) is 3.03. The minimum absolute atomic E-state index is 0.109. The molecule has 0 bridgehead atoms. The van der Waals surface area contributed by atoms with Crippen molar-refractivity contribution < 1.29 is 9.50 Å². The third-order valence-corrected chi connectivity index (χ3v) is 2.36. The molecular formula is C9H11BrFNO. The lowest BCUT2D eigenvalue weighted by Gasteiger charge is -2.22. The van der Waals surface area contributed by atoms with Gasteiger partial charge in [0.2, 0.25) is 5.95 Å². The maximum Gasteiger partial charge on any atom is 0.216 e. The van der Waals surface area contributed by atoms with Crippen molar-refractivity contribution >= 4 is 15.9 Å². The summed E-state index contributed by atoms with van der Waals surface area (Å²) in [6, 6.07) is 1.64. The van der Waals surface area contributed by atoms with Crippen molar-refractivity contribution in [2.45, 2.75) is 19.3 Å². The zero-order valence-corrected chi connectivity index (χ0v) is 9.10. The Hall–Kier alpha value is -0.480. The average Bonchev–Trinajstić information content (AvgIpc) is 2.09. The van der Waals surface area contributed by atoms with Gasteiger partial charge in [-0.15, -0.1) is 0 Å². The van der Waals surface area contributed by atoms with E-state index in [1.807, 2.05) is 0 Å². The topological polar surface area (TPSA) is 33.1 Å². The lowest BCUT2D eigenvalue weighted by molar-refractivity contribution is 0.214. The van der Waals surface area contributed by atoms with Gasteiger partial charge < -0.3 is 5.11 Å². The van der Waals surface area contributed by atoms with Gasteiger partial charge in [0.25, 0.3) is 0 Å². The summed E-state index contributed by atoms with van der Waals surface area (Å²) < 4.78 is 13.9. The Labute approximate surface area is 84.9 Å². The molecule has 0 saturated carbocycles. The van der Waals surface area contributed by atoms with E-state index in [0.29, 0.717) is 10.0 Å². The van der Waals surface area contributed by atoms with E-state index in [1.54, 1.807) is 19.9 Å². The number of aliphatic hydroxyl groups is 1. The lowest BCUT2D eigenvalue weighted by Crippen LogP contribution is -2.24. The standard InChI is InChI=1S/C9H11BrFNO/c1-9(2,5-13)7-3-6(10)4-12-8(7)11/h3-4,13H,5H2,1-2H3. The van der Waals surface area contributed by atoms with Gasteiger partial charge in [0.15, 0.2) is 0 Å². The molecule has 0 amide bonds. The van der Waals surface area contributed by atoms with Crippen LogP contribution in [0.25, 0.3) is 0 Å². The van der Waals surface area contributed by atoms with E-state index in [1.165, 1.54) is 6.20 Å². The van der Waals surface area contributed by atoms with Gasteiger partial charge in [0, 0.05) is 21.6 Å². The van der Waals surface area contributed by atoms with Crippen LogP contribution in [0.5, 0.6) is 0 Å². The molecule has 4 heteroatoms. The van der Waals surface area contributed by atoms with E-state index in [4.69, 9.17) is 5.11 Å². The Morgan fingerprint density at radius 1 is 1.62 bits per heavy atom. The number of pyridine rings is 1. The molecule has 0 aromatic carbocycles. The Morgan fingerprint density at radius 2 is 2.23 bits per heavy atom. The number of aliphatic hydroxyl groups excluding tert-OH is 1. The van der Waals surface area contributed by atoms with Crippen molar-refractivity contribution in [1.29, 1.82) is 0 Å². The first-order chi connectivity index (χ1) is 5.97. The summed E-state index contributed by atoms with van der Waals surface area (Å²) in [5, 5.41) is 9.05. The zero-order chi connectivity index (χ0) is 10.1. The largest absolute Gasteiger partial charge is 0.395 e. The SMILES string of the molecule is CC(C)(CO)c1cc(Br)cnc1F. The lowest BCUT2D eigenvalue weighted by atomic mass is 9.86. The molecule has 0 unspecified atom stereocenters. The van der Waals surface area contributed by atoms with Gasteiger partial charge >= 0.3 is 0 Å². The van der Waals surface area contributed by atoms with E-state index in [9.17, 15) is 4.39 Å². The molecule has 0 aliphatic carbocycles. The first kappa shape index (κ1) is 10.6. The summed E-state index contributed by atoms with van der Waals surface area (Å²) in [7, 11) is 0. The van der Waals surface area contributed by atoms with Gasteiger partial charge in [-0.2, -0.15) is 4.39 Å². The van der Waals surface area contributed by atoms with Crippen LogP contribution < -0.4 is 0 Å². The first-order valence-corrected chi connectivity index (χ1v) is 4.69. The number of rotatable bonds is 2. The third-order valence-electron chi connectivity index (χ3n) is 1.93. The molecule has 2 nitrogen and oxygen atoms in total. The molecule has 1 rings (SSSR count). The van der Waals surface area contributed by atoms with Crippen LogP contribution in [0.15, 0.2) is 16.7 Å². The highest BCUT2D eigenvalue weighted by atomic mass is 79.9. The van der Waals surface area contributed by atoms with Crippen LogP contribution in [-0.4, -0.2) is 16.7 Å². The van der Waals surface area contributed by atoms with Crippen molar-refractivity contribution in [3.05, 3.63) is 28.2 Å². The summed E-state index contributed by atoms with van der Waals surface area (Å²) in [5.74, 6) is -0.526. The van der Waals surface area contributed by atoms with Crippen molar-refractivity contribution in [3.63, 3.8) is 0 Å². The van der Waals surface area contributed by atoms with Gasteiger partial charge in [-0.1, -0.05) is 13.8 Å². The second-order valence-corrected chi connectivity index (χ2v) is 4.45. The average molecular weight is 248 g/mol. The van der Waals surface area contributed by atoms with Crippen molar-refractivity contribution in [2.75, 3.05) is 6.61 Å². The number of halogens is 2. The fourth-order valence-electron chi connectivity index (χ4n) is 0.982. The number of hydrogen-bond acceptors (Lipinski definition) is 2. The fraction of sp³-hybridized carbons (Fsp3) is 0.444. The normalized spacial score (nSPS) is 11.8. The van der Waals surface area contributed by atoms with Gasteiger partial charge in [0.1, 0.15) is 0 Å². The number of aromatic nitrogens is 1. The van der Waals surface area contributed by atoms with E-state index in [0.717, 1.165) is 0 Å². The van der Waals surface area contributed by atoms with Crippen LogP contribution in [0.4, 0.5) is 4.39 Å². The van der Waals surface area contributed by atoms with Crippen molar-refractivity contribution in [3.8, 4) is 0 Å². The Balaban J connectivity index is 3.20. The van der Waals surface area contributed by atoms with E-state index < -0.39 is 11.4 Å². The number of hydrogen-bond donors (Lipinski definition) is 1. The van der Waals surface area contributed by atoms with E-state index in [-0.39, 0.29) is 6.61 Å². The third kappa shape index (κ3) is 2.25. The van der Waals surface area contributed by atoms with Crippen LogP contribution in [0.2, 0.25) is 0 Å². The molecule has 1 heterocycles. The van der Waals surface area contributed by atoms with Crippen LogP contribution in [0.1, 0.15) is 19.4 Å². The molecule has 0 fully saturated rings. The maximum atomic E-state index is 13.2. The van der Waals surface area contributed by atoms with E-state index >= 15 is 0 Å². The van der Waals surface area contributed by atoms with Gasteiger partial charge in [-0.05, 0) is 22.0 Å². The Bertz CT molecular complexity index is 314. The van der Waals surface area contributed by atoms with Crippen LogP contribution in [0, 0.1) is 5.95 Å². The molecule has 72 valence electrons. The number of nitrogens with zero attached hydrogens (tertiary/aromatic N) is 1. The van der Waals surface area contributed by atoms with E-state index in [2.05, 4.69) is 20.9 Å². The summed E-state index contributed by atoms with van der Waals surface area (Å²) in [6.45, 7) is 3.42. The predicted octanol–water partition coefficient (Wildman–Crippen LogP) is 2.25. The molecule has 0 atom stereocenters. The molecule has 1 N–H and O–H groups in total. The maximum absolute atomic E-state index is 13.2. The Morgan fingerprint density at radius 3 is 2.77 bits per heavy atom. The van der Waals surface area contributed by atoms with Gasteiger partial charge in [0.05, 0.1) is 6.61 Å². The highest BCUT2D eigenvalue weighted by Gasteiger charge is 2.24. The molecule has 1 aromatic heterocycles. The minimum atomic E-state index is -0.596. The highest BCUT2D eigenvalue weighted by molar-refractivity contribution is 9.10. The second kappa shape index (κ2) is 3.72. The fourth-order valence-corrected chi connectivity index (χ4v) is 1.31. The van der Waals surface area contributed by atoms with Crippen LogP contribution in [-0.2, 0) is 5.41 Å². The minimum Gasteiger partial charge on any atom is -0.395 e. The summed E-state index contributed by atoms with van der Waals surface area (Å²) in [6.07, 6.45) is 1.40. The summed E-state index contributed by atoms with van der Waals surface area (Å²) in [4.78, 5) is 3.57. The quantitative estimate of drug-likeness (QED) is 0.814. The monoisotopic (exact) mass is 247 g/mol. The van der Waals surface area contributed by atoms with Crippen molar-refractivity contribution in [2.24, 2.45) is 0 Å².